The largest absolute Gasteiger partial charge is 0.573 e. The number of aromatic nitrogens is 4. The minimum atomic E-state index is -4.74. The summed E-state index contributed by atoms with van der Waals surface area (Å²) in [6.07, 6.45) is -2.92. The van der Waals surface area contributed by atoms with E-state index in [0.29, 0.717) is 28.5 Å². The first-order valence-electron chi connectivity index (χ1n) is 11.5. The number of benzene rings is 1. The highest BCUT2D eigenvalue weighted by Gasteiger charge is 2.31. The van der Waals surface area contributed by atoms with Crippen LogP contribution in [0.5, 0.6) is 5.75 Å². The van der Waals surface area contributed by atoms with Crippen molar-refractivity contribution in [3.05, 3.63) is 77.4 Å². The first-order valence-corrected chi connectivity index (χ1v) is 12.4. The number of hydrogen-bond acceptors (Lipinski definition) is 8. The van der Waals surface area contributed by atoms with E-state index >= 15 is 0 Å². The Morgan fingerprint density at radius 3 is 2.54 bits per heavy atom. The van der Waals surface area contributed by atoms with Gasteiger partial charge in [0.05, 0.1) is 11.4 Å². The Labute approximate surface area is 217 Å². The van der Waals surface area contributed by atoms with Gasteiger partial charge in [-0.2, -0.15) is 0 Å². The van der Waals surface area contributed by atoms with Crippen LogP contribution in [0.1, 0.15) is 22.8 Å². The van der Waals surface area contributed by atoms with Crippen molar-refractivity contribution < 1.29 is 17.9 Å². The van der Waals surface area contributed by atoms with Gasteiger partial charge < -0.3 is 20.3 Å². The molecule has 0 aliphatic carbocycles. The van der Waals surface area contributed by atoms with Crippen LogP contribution < -0.4 is 15.4 Å². The SMILES string of the molecule is C=C(S/C=C(\N)c1ccc(OC(F)(F)F)cc1)c1nc(C)n(Cc2ccnc(N3CCN(C)CC3)c2)n1. The van der Waals surface area contributed by atoms with Gasteiger partial charge >= 0.3 is 6.36 Å². The van der Waals surface area contributed by atoms with E-state index in [4.69, 9.17) is 5.73 Å². The molecule has 8 nitrogen and oxygen atoms in total. The fraction of sp³-hybridized carbons (Fsp3) is 0.320. The van der Waals surface area contributed by atoms with E-state index in [-0.39, 0.29) is 5.75 Å². The third kappa shape index (κ3) is 7.26. The number of nitrogens with two attached hydrogens (primary N) is 1. The molecule has 0 saturated carbocycles. The number of pyridine rings is 1. The van der Waals surface area contributed by atoms with Gasteiger partial charge in [0.25, 0.3) is 0 Å². The molecule has 1 aliphatic rings. The lowest BCUT2D eigenvalue weighted by atomic mass is 10.2. The smallest absolute Gasteiger partial charge is 0.406 e. The van der Waals surface area contributed by atoms with Gasteiger partial charge in [-0.15, -0.1) is 18.3 Å². The highest BCUT2D eigenvalue weighted by atomic mass is 32.2. The summed E-state index contributed by atoms with van der Waals surface area (Å²) in [5.41, 5.74) is 8.09. The van der Waals surface area contributed by atoms with Crippen LogP contribution in [-0.2, 0) is 6.54 Å². The van der Waals surface area contributed by atoms with E-state index in [2.05, 4.69) is 49.3 Å². The molecule has 37 heavy (non-hydrogen) atoms. The number of nitrogens with zero attached hydrogens (tertiary/aromatic N) is 6. The van der Waals surface area contributed by atoms with Crippen LogP contribution in [0.2, 0.25) is 0 Å². The number of piperazine rings is 1. The molecule has 0 atom stereocenters. The maximum atomic E-state index is 12.3. The minimum Gasteiger partial charge on any atom is -0.406 e. The van der Waals surface area contributed by atoms with Crippen LogP contribution in [-0.4, -0.2) is 64.2 Å². The Hall–Kier alpha value is -3.51. The van der Waals surface area contributed by atoms with E-state index in [0.717, 1.165) is 43.4 Å². The number of halogens is 3. The third-order valence-corrected chi connectivity index (χ3v) is 6.66. The van der Waals surface area contributed by atoms with Crippen LogP contribution in [0.3, 0.4) is 0 Å². The van der Waals surface area contributed by atoms with Crippen LogP contribution in [0.15, 0.2) is 54.6 Å². The first kappa shape index (κ1) is 26.6. The summed E-state index contributed by atoms with van der Waals surface area (Å²) in [5.74, 6) is 1.87. The van der Waals surface area contributed by atoms with E-state index in [9.17, 15) is 13.2 Å². The van der Waals surface area contributed by atoms with Gasteiger partial charge in [-0.05, 0) is 66.9 Å². The van der Waals surface area contributed by atoms with Crippen molar-refractivity contribution in [3.8, 4) is 5.75 Å². The van der Waals surface area contributed by atoms with Crippen molar-refractivity contribution in [2.45, 2.75) is 19.8 Å². The molecule has 1 aliphatic heterocycles. The quantitative estimate of drug-likeness (QED) is 0.460. The second kappa shape index (κ2) is 11.3. The molecular weight excluding hydrogens is 503 g/mol. The summed E-state index contributed by atoms with van der Waals surface area (Å²) in [7, 11) is 2.12. The molecule has 2 aromatic heterocycles. The second-order valence-electron chi connectivity index (χ2n) is 8.64. The Balaban J connectivity index is 1.38. The van der Waals surface area contributed by atoms with Gasteiger partial charge in [-0.3, -0.25) is 0 Å². The van der Waals surface area contributed by atoms with Crippen LogP contribution in [0, 0.1) is 6.92 Å². The first-order chi connectivity index (χ1) is 17.6. The zero-order valence-corrected chi connectivity index (χ0v) is 21.4. The summed E-state index contributed by atoms with van der Waals surface area (Å²) in [6, 6.07) is 9.40. The minimum absolute atomic E-state index is 0.309. The molecule has 1 saturated heterocycles. The van der Waals surface area contributed by atoms with Crippen molar-refractivity contribution in [1.29, 1.82) is 0 Å². The van der Waals surface area contributed by atoms with Crippen molar-refractivity contribution in [3.63, 3.8) is 0 Å². The lowest BCUT2D eigenvalue weighted by Gasteiger charge is -2.33. The van der Waals surface area contributed by atoms with E-state index in [1.807, 2.05) is 23.9 Å². The fourth-order valence-corrected chi connectivity index (χ4v) is 4.33. The molecule has 0 radical (unpaired) electrons. The number of hydrogen-bond donors (Lipinski definition) is 1. The Morgan fingerprint density at radius 1 is 1.16 bits per heavy atom. The zero-order chi connectivity index (χ0) is 26.6. The maximum absolute atomic E-state index is 12.3. The fourth-order valence-electron chi connectivity index (χ4n) is 3.73. The van der Waals surface area contributed by atoms with Crippen LogP contribution >= 0.6 is 11.8 Å². The molecule has 0 bridgehead atoms. The number of thioether (sulfide) groups is 1. The molecule has 0 spiro atoms. The molecule has 1 fully saturated rings. The Morgan fingerprint density at radius 2 is 1.86 bits per heavy atom. The van der Waals surface area contributed by atoms with Gasteiger partial charge in [-0.25, -0.2) is 14.6 Å². The molecular formula is C25H28F3N7OS. The predicted molar refractivity (Wildman–Crippen MR) is 140 cm³/mol. The highest BCUT2D eigenvalue weighted by molar-refractivity contribution is 8.11. The lowest BCUT2D eigenvalue weighted by Crippen LogP contribution is -2.44. The van der Waals surface area contributed by atoms with Gasteiger partial charge in [0.1, 0.15) is 17.4 Å². The molecule has 196 valence electrons. The van der Waals surface area contributed by atoms with Gasteiger partial charge in [0.2, 0.25) is 0 Å². The molecule has 3 aromatic rings. The summed E-state index contributed by atoms with van der Waals surface area (Å²) >= 11 is 1.24. The maximum Gasteiger partial charge on any atom is 0.573 e. The molecule has 12 heteroatoms. The van der Waals surface area contributed by atoms with Crippen molar-refractivity contribution in [2.75, 3.05) is 38.1 Å². The van der Waals surface area contributed by atoms with Crippen LogP contribution in [0.25, 0.3) is 10.6 Å². The Bertz CT molecular complexity index is 1270. The normalized spacial score (nSPS) is 15.2. The van der Waals surface area contributed by atoms with E-state index in [1.165, 1.54) is 36.0 Å². The lowest BCUT2D eigenvalue weighted by molar-refractivity contribution is -0.274. The van der Waals surface area contributed by atoms with Gasteiger partial charge in [-0.1, -0.05) is 18.3 Å². The van der Waals surface area contributed by atoms with Crippen molar-refractivity contribution in [2.24, 2.45) is 5.73 Å². The summed E-state index contributed by atoms with van der Waals surface area (Å²) in [5, 5.41) is 6.26. The number of likely N-dealkylation sites (N-methyl/N-ethyl adjacent to an activating group) is 1. The summed E-state index contributed by atoms with van der Waals surface area (Å²) in [4.78, 5) is 14.3. The molecule has 4 rings (SSSR count). The summed E-state index contributed by atoms with van der Waals surface area (Å²) < 4.78 is 42.7. The zero-order valence-electron chi connectivity index (χ0n) is 20.6. The number of aryl methyl sites for hydroxylation is 1. The molecule has 0 unspecified atom stereocenters. The average molecular weight is 532 g/mol. The molecule has 0 amide bonds. The second-order valence-corrected chi connectivity index (χ2v) is 9.60. The average Bonchev–Trinajstić information content (AvgIpc) is 3.22. The number of ether oxygens (including phenoxy) is 1. The van der Waals surface area contributed by atoms with Crippen molar-refractivity contribution >= 4 is 28.2 Å². The molecule has 3 heterocycles. The van der Waals surface area contributed by atoms with Crippen molar-refractivity contribution in [1.82, 2.24) is 24.6 Å². The van der Waals surface area contributed by atoms with E-state index < -0.39 is 6.36 Å². The number of alkyl halides is 3. The molecule has 1 aromatic carbocycles. The van der Waals surface area contributed by atoms with Gasteiger partial charge in [0.15, 0.2) is 5.82 Å². The standard InChI is InChI=1S/C25H28F3N7OS/c1-17(37-16-22(29)20-4-6-21(7-5-20)36-25(26,27)28)24-31-18(2)35(32-24)15-19-8-9-30-23(14-19)34-12-10-33(3)11-13-34/h4-9,14,16H,1,10-13,15,29H2,2-3H3/b22-16-. The topological polar surface area (TPSA) is 85.3 Å². The predicted octanol–water partition coefficient (Wildman–Crippen LogP) is 4.34. The third-order valence-electron chi connectivity index (χ3n) is 5.82. The van der Waals surface area contributed by atoms with Crippen LogP contribution in [0.4, 0.5) is 19.0 Å². The molecule has 2 N–H and O–H groups in total. The van der Waals surface area contributed by atoms with E-state index in [1.54, 1.807) is 5.41 Å². The highest BCUT2D eigenvalue weighted by Crippen LogP contribution is 2.28. The number of anilines is 1. The Kier molecular flexibility index (Phi) is 8.08. The number of rotatable bonds is 8. The van der Waals surface area contributed by atoms with Gasteiger partial charge in [0, 0.05) is 38.1 Å². The summed E-state index contributed by atoms with van der Waals surface area (Å²) in [6.45, 7) is 10.4. The monoisotopic (exact) mass is 531 g/mol.